The molecule has 0 fully saturated rings. The molecule has 0 spiro atoms. The highest BCUT2D eigenvalue weighted by atomic mass is 16.6. The number of unbranched alkanes of at least 4 members (excludes halogenated alkanes) is 2. The summed E-state index contributed by atoms with van der Waals surface area (Å²) < 4.78 is 10.3. The summed E-state index contributed by atoms with van der Waals surface area (Å²) in [4.78, 5) is 36.0. The fourth-order valence-corrected chi connectivity index (χ4v) is 3.51. The maximum Gasteiger partial charge on any atom is 0.323 e. The van der Waals surface area contributed by atoms with Gasteiger partial charge in [-0.2, -0.15) is 0 Å². The van der Waals surface area contributed by atoms with Crippen LogP contribution in [0.25, 0.3) is 0 Å². The van der Waals surface area contributed by atoms with Crippen molar-refractivity contribution in [3.8, 4) is 0 Å². The number of ether oxygens (including phenoxy) is 2. The number of carbonyl (C=O) groups is 2. The van der Waals surface area contributed by atoms with Crippen molar-refractivity contribution in [3.05, 3.63) is 60.2 Å². The van der Waals surface area contributed by atoms with Crippen molar-refractivity contribution in [2.75, 3.05) is 19.8 Å². The van der Waals surface area contributed by atoms with Gasteiger partial charge in [0.1, 0.15) is 0 Å². The van der Waals surface area contributed by atoms with E-state index in [0.717, 1.165) is 50.3 Å². The molecule has 0 atom stereocenters. The first kappa shape index (κ1) is 25.5. The second kappa shape index (κ2) is 13.6. The highest BCUT2D eigenvalue weighted by Gasteiger charge is 2.43. The van der Waals surface area contributed by atoms with Gasteiger partial charge in [0, 0.05) is 25.5 Å². The molecule has 7 nitrogen and oxygen atoms in total. The summed E-state index contributed by atoms with van der Waals surface area (Å²) >= 11 is 0. The van der Waals surface area contributed by atoms with Crippen molar-refractivity contribution >= 4 is 11.9 Å². The van der Waals surface area contributed by atoms with Crippen molar-refractivity contribution in [1.29, 1.82) is 0 Å². The Morgan fingerprint density at radius 2 is 1.38 bits per heavy atom. The monoisotopic (exact) mass is 441 g/mol. The number of aromatic nitrogens is 2. The normalized spacial score (nSPS) is 11.4. The van der Waals surface area contributed by atoms with Crippen molar-refractivity contribution in [2.24, 2.45) is 5.41 Å². The van der Waals surface area contributed by atoms with Crippen LogP contribution in [0.1, 0.15) is 57.8 Å². The Balaban J connectivity index is 1.91. The van der Waals surface area contributed by atoms with Crippen LogP contribution in [-0.4, -0.2) is 46.6 Å². The van der Waals surface area contributed by atoms with E-state index in [0.29, 0.717) is 6.42 Å². The topological polar surface area (TPSA) is 81.6 Å². The molecule has 0 aliphatic carbocycles. The van der Waals surface area contributed by atoms with Crippen LogP contribution in [0, 0.1) is 5.41 Å². The SMILES string of the molecule is CCOC(=O)C(C)(CCCCCN(Cc1ccccn1)Cc1ccccn1)C(=O)OCC. The van der Waals surface area contributed by atoms with Crippen LogP contribution in [0.15, 0.2) is 48.8 Å². The fourth-order valence-electron chi connectivity index (χ4n) is 3.51. The lowest BCUT2D eigenvalue weighted by Gasteiger charge is -2.25. The average Bonchev–Trinajstić information content (AvgIpc) is 2.80. The van der Waals surface area contributed by atoms with Crippen molar-refractivity contribution in [3.63, 3.8) is 0 Å². The van der Waals surface area contributed by atoms with Crippen molar-refractivity contribution < 1.29 is 19.1 Å². The molecule has 0 N–H and O–H groups in total. The Hall–Kier alpha value is -2.80. The third-order valence-corrected chi connectivity index (χ3v) is 5.33. The molecule has 0 aliphatic rings. The zero-order chi connectivity index (χ0) is 23.2. The quantitative estimate of drug-likeness (QED) is 0.247. The van der Waals surface area contributed by atoms with Gasteiger partial charge in [-0.3, -0.25) is 24.5 Å². The van der Waals surface area contributed by atoms with E-state index in [1.165, 1.54) is 0 Å². The first-order valence-corrected chi connectivity index (χ1v) is 11.4. The molecule has 0 aromatic carbocycles. The molecule has 2 aromatic heterocycles. The number of rotatable bonds is 14. The molecule has 0 saturated heterocycles. The lowest BCUT2D eigenvalue weighted by atomic mass is 9.84. The Bertz CT molecular complexity index is 755. The average molecular weight is 442 g/mol. The number of esters is 2. The molecule has 0 amide bonds. The van der Waals surface area contributed by atoms with Gasteiger partial charge in [0.05, 0.1) is 24.6 Å². The first-order chi connectivity index (χ1) is 15.5. The minimum Gasteiger partial charge on any atom is -0.465 e. The van der Waals surface area contributed by atoms with Gasteiger partial charge in [-0.15, -0.1) is 0 Å². The van der Waals surface area contributed by atoms with Crippen LogP contribution in [0.5, 0.6) is 0 Å². The minimum absolute atomic E-state index is 0.240. The molecular weight excluding hydrogens is 406 g/mol. The van der Waals surface area contributed by atoms with Crippen molar-refractivity contribution in [1.82, 2.24) is 14.9 Å². The number of hydrogen-bond donors (Lipinski definition) is 0. The second-order valence-electron chi connectivity index (χ2n) is 7.94. The highest BCUT2D eigenvalue weighted by molar-refractivity contribution is 5.99. The zero-order valence-electron chi connectivity index (χ0n) is 19.5. The summed E-state index contributed by atoms with van der Waals surface area (Å²) in [7, 11) is 0. The van der Waals surface area contributed by atoms with Gasteiger partial charge in [-0.05, 0) is 64.4 Å². The van der Waals surface area contributed by atoms with Crippen LogP contribution in [0.4, 0.5) is 0 Å². The maximum absolute atomic E-state index is 12.4. The third-order valence-electron chi connectivity index (χ3n) is 5.33. The summed E-state index contributed by atoms with van der Waals surface area (Å²) in [6, 6.07) is 11.9. The molecule has 0 bridgehead atoms. The van der Waals surface area contributed by atoms with E-state index in [-0.39, 0.29) is 13.2 Å². The van der Waals surface area contributed by atoms with E-state index in [1.54, 1.807) is 33.2 Å². The molecule has 2 rings (SSSR count). The Labute approximate surface area is 191 Å². The van der Waals surface area contributed by atoms with Gasteiger partial charge in [0.25, 0.3) is 0 Å². The summed E-state index contributed by atoms with van der Waals surface area (Å²) in [6.07, 6.45) is 6.57. The molecule has 2 aromatic rings. The molecule has 0 aliphatic heterocycles. The largest absolute Gasteiger partial charge is 0.465 e. The van der Waals surface area contributed by atoms with E-state index in [4.69, 9.17) is 9.47 Å². The maximum atomic E-state index is 12.4. The Morgan fingerprint density at radius 3 is 1.81 bits per heavy atom. The summed E-state index contributed by atoms with van der Waals surface area (Å²) in [5.74, 6) is -1.02. The number of hydrogen-bond acceptors (Lipinski definition) is 7. The Morgan fingerprint density at radius 1 is 0.844 bits per heavy atom. The Kier molecular flexibility index (Phi) is 10.8. The van der Waals surface area contributed by atoms with E-state index in [2.05, 4.69) is 14.9 Å². The molecule has 0 saturated carbocycles. The third kappa shape index (κ3) is 8.04. The second-order valence-corrected chi connectivity index (χ2v) is 7.94. The molecule has 7 heteroatoms. The molecule has 2 heterocycles. The highest BCUT2D eigenvalue weighted by Crippen LogP contribution is 2.28. The molecule has 32 heavy (non-hydrogen) atoms. The molecular formula is C25H35N3O4. The van der Waals surface area contributed by atoms with Gasteiger partial charge < -0.3 is 9.47 Å². The lowest BCUT2D eigenvalue weighted by molar-refractivity contribution is -0.171. The summed E-state index contributed by atoms with van der Waals surface area (Å²) in [5.41, 5.74) is 0.773. The predicted molar refractivity (Wildman–Crippen MR) is 122 cm³/mol. The van der Waals surface area contributed by atoms with Gasteiger partial charge in [-0.1, -0.05) is 25.0 Å². The number of carbonyl (C=O) groups excluding carboxylic acids is 2. The predicted octanol–water partition coefficient (Wildman–Crippen LogP) is 4.17. The van der Waals surface area contributed by atoms with E-state index >= 15 is 0 Å². The van der Waals surface area contributed by atoms with Gasteiger partial charge in [0.2, 0.25) is 0 Å². The molecule has 174 valence electrons. The van der Waals surface area contributed by atoms with Crippen LogP contribution in [-0.2, 0) is 32.2 Å². The molecule has 0 unspecified atom stereocenters. The standard InChI is InChI=1S/C25H35N3O4/c1-4-31-23(29)25(3,24(30)32-5-2)15-9-6-12-18-28(19-21-13-7-10-16-26-21)20-22-14-8-11-17-27-22/h7-8,10-11,13-14,16-17H,4-6,9,12,15,18-20H2,1-3H3. The fraction of sp³-hybridized carbons (Fsp3) is 0.520. The lowest BCUT2D eigenvalue weighted by Crippen LogP contribution is -2.39. The van der Waals surface area contributed by atoms with Crippen LogP contribution >= 0.6 is 0 Å². The van der Waals surface area contributed by atoms with Gasteiger partial charge >= 0.3 is 11.9 Å². The van der Waals surface area contributed by atoms with Crippen LogP contribution in [0.3, 0.4) is 0 Å². The summed E-state index contributed by atoms with van der Waals surface area (Å²) in [6.45, 7) is 7.91. The first-order valence-electron chi connectivity index (χ1n) is 11.4. The number of nitrogens with zero attached hydrogens (tertiary/aromatic N) is 3. The van der Waals surface area contributed by atoms with Gasteiger partial charge in [0.15, 0.2) is 5.41 Å². The minimum atomic E-state index is -1.26. The van der Waals surface area contributed by atoms with E-state index < -0.39 is 17.4 Å². The van der Waals surface area contributed by atoms with E-state index in [1.807, 2.05) is 36.4 Å². The molecule has 0 radical (unpaired) electrons. The van der Waals surface area contributed by atoms with Crippen molar-refractivity contribution in [2.45, 2.75) is 59.5 Å². The smallest absolute Gasteiger partial charge is 0.323 e. The van der Waals surface area contributed by atoms with Crippen LogP contribution < -0.4 is 0 Å². The summed E-state index contributed by atoms with van der Waals surface area (Å²) in [5, 5.41) is 0. The van der Waals surface area contributed by atoms with Gasteiger partial charge in [-0.25, -0.2) is 0 Å². The number of pyridine rings is 2. The van der Waals surface area contributed by atoms with Crippen LogP contribution in [0.2, 0.25) is 0 Å². The zero-order valence-corrected chi connectivity index (χ0v) is 19.5. The van der Waals surface area contributed by atoms with E-state index in [9.17, 15) is 9.59 Å².